The fourth-order valence-electron chi connectivity index (χ4n) is 5.12. The Labute approximate surface area is 297 Å². The van der Waals surface area contributed by atoms with Crippen molar-refractivity contribution in [3.63, 3.8) is 0 Å². The van der Waals surface area contributed by atoms with Crippen molar-refractivity contribution in [2.45, 2.75) is 26.3 Å². The zero-order valence-electron chi connectivity index (χ0n) is 28.4. The normalized spacial score (nSPS) is 14.7. The van der Waals surface area contributed by atoms with Gasteiger partial charge in [0.1, 0.15) is 49.4 Å². The Morgan fingerprint density at radius 2 is 0.941 bits per heavy atom. The molecule has 0 saturated carbocycles. The van der Waals surface area contributed by atoms with Gasteiger partial charge in [-0.1, -0.05) is 24.3 Å². The molecule has 1 aliphatic heterocycles. The minimum atomic E-state index is 0.238. The van der Waals surface area contributed by atoms with Crippen molar-refractivity contribution in [3.05, 3.63) is 131 Å². The van der Waals surface area contributed by atoms with Crippen LogP contribution in [-0.2, 0) is 40.5 Å². The lowest BCUT2D eigenvalue weighted by atomic mass is 10.1. The number of ether oxygens (including phenoxy) is 7. The first kappa shape index (κ1) is 35.5. The van der Waals surface area contributed by atoms with E-state index in [1.165, 1.54) is 0 Å². The van der Waals surface area contributed by atoms with E-state index in [2.05, 4.69) is 9.98 Å². The van der Waals surface area contributed by atoms with Crippen molar-refractivity contribution < 1.29 is 42.0 Å². The molecule has 0 aliphatic carbocycles. The number of hydrogen-bond donors (Lipinski definition) is 0. The molecule has 0 radical (unpaired) electrons. The number of hydrogen-bond acceptors (Lipinski definition) is 11. The largest absolute Gasteiger partial charge is 0.488 e. The van der Waals surface area contributed by atoms with Gasteiger partial charge in [0.2, 0.25) is 0 Å². The van der Waals surface area contributed by atoms with Crippen LogP contribution in [0.2, 0.25) is 0 Å². The highest BCUT2D eigenvalue weighted by Crippen LogP contribution is 2.33. The Morgan fingerprint density at radius 3 is 1.37 bits per heavy atom. The molecule has 0 amide bonds. The van der Waals surface area contributed by atoms with E-state index in [0.29, 0.717) is 88.9 Å². The fourth-order valence-corrected chi connectivity index (χ4v) is 5.12. The molecule has 0 bridgehead atoms. The van der Waals surface area contributed by atoms with Crippen LogP contribution in [-0.4, -0.2) is 65.3 Å². The van der Waals surface area contributed by atoms with Crippen molar-refractivity contribution in [1.82, 2.24) is 0 Å². The number of rotatable bonds is 12. The van der Waals surface area contributed by atoms with Crippen LogP contribution in [0.15, 0.2) is 116 Å². The van der Waals surface area contributed by atoms with Crippen molar-refractivity contribution in [2.24, 2.45) is 9.98 Å². The standard InChI is InChI=1S/C40H42N2O9/c1-3-11-37(31(7-1)25-41-27-35-9-5-13-46-35)50-29-33-23-39-40(49-22-20-45-18-16-43-15-17-44-19-21-48-39)24-34(33)30-51-38-12-4-2-8-32(38)26-42-28-36-10-6-14-47-36/h1-14,23-26H,15-22,27-30H2. The third kappa shape index (κ3) is 11.3. The number of furan rings is 2. The van der Waals surface area contributed by atoms with Crippen LogP contribution in [0.5, 0.6) is 23.0 Å². The highest BCUT2D eigenvalue weighted by Gasteiger charge is 2.16. The van der Waals surface area contributed by atoms with Crippen LogP contribution in [0.4, 0.5) is 0 Å². The molecule has 0 N–H and O–H groups in total. The monoisotopic (exact) mass is 694 g/mol. The molecule has 0 spiro atoms. The van der Waals surface area contributed by atoms with Gasteiger partial charge in [0.05, 0.1) is 65.3 Å². The van der Waals surface area contributed by atoms with Crippen molar-refractivity contribution >= 4 is 12.4 Å². The number of fused-ring (bicyclic) bond motifs is 1. The smallest absolute Gasteiger partial charge is 0.161 e. The van der Waals surface area contributed by atoms with Gasteiger partial charge in [0.15, 0.2) is 11.5 Å². The summed E-state index contributed by atoms with van der Waals surface area (Å²) in [5, 5.41) is 0. The summed E-state index contributed by atoms with van der Waals surface area (Å²) in [4.78, 5) is 9.10. The number of aliphatic imine (C=N–C) groups is 2. The van der Waals surface area contributed by atoms with E-state index in [4.69, 9.17) is 42.0 Å². The van der Waals surface area contributed by atoms with Gasteiger partial charge in [-0.3, -0.25) is 9.98 Å². The lowest BCUT2D eigenvalue weighted by molar-refractivity contribution is 0.00708. The summed E-state index contributed by atoms with van der Waals surface area (Å²) in [6.07, 6.45) is 6.87. The molecule has 3 aromatic carbocycles. The van der Waals surface area contributed by atoms with Crippen molar-refractivity contribution in [3.8, 4) is 23.0 Å². The predicted molar refractivity (Wildman–Crippen MR) is 191 cm³/mol. The van der Waals surface area contributed by atoms with Crippen LogP contribution < -0.4 is 18.9 Å². The maximum atomic E-state index is 6.43. The number of benzene rings is 3. The molecule has 5 aromatic rings. The van der Waals surface area contributed by atoms with Gasteiger partial charge in [-0.2, -0.15) is 0 Å². The maximum Gasteiger partial charge on any atom is 0.161 e. The van der Waals surface area contributed by atoms with Crippen LogP contribution in [0.3, 0.4) is 0 Å². The molecule has 0 atom stereocenters. The van der Waals surface area contributed by atoms with E-state index < -0.39 is 0 Å². The molecular weight excluding hydrogens is 652 g/mol. The molecule has 1 aliphatic rings. The number of nitrogens with zero attached hydrogens (tertiary/aromatic N) is 2. The van der Waals surface area contributed by atoms with Gasteiger partial charge < -0.3 is 42.0 Å². The lowest BCUT2D eigenvalue weighted by Crippen LogP contribution is -2.13. The molecule has 11 heteroatoms. The second-order valence-electron chi connectivity index (χ2n) is 11.4. The van der Waals surface area contributed by atoms with Gasteiger partial charge in [0.25, 0.3) is 0 Å². The van der Waals surface area contributed by atoms with E-state index >= 15 is 0 Å². The second-order valence-corrected chi connectivity index (χ2v) is 11.4. The van der Waals surface area contributed by atoms with Crippen LogP contribution >= 0.6 is 0 Å². The topological polar surface area (TPSA) is 116 Å². The second kappa shape index (κ2) is 19.7. The Hall–Kier alpha value is -5.36. The summed E-state index contributed by atoms with van der Waals surface area (Å²) >= 11 is 0. The van der Waals surface area contributed by atoms with Gasteiger partial charge >= 0.3 is 0 Å². The summed E-state index contributed by atoms with van der Waals surface area (Å²) in [7, 11) is 0. The summed E-state index contributed by atoms with van der Waals surface area (Å²) in [5.41, 5.74) is 3.43. The first-order chi connectivity index (χ1) is 25.3. The molecule has 0 fully saturated rings. The zero-order valence-corrected chi connectivity index (χ0v) is 28.4. The van der Waals surface area contributed by atoms with Crippen LogP contribution in [0, 0.1) is 0 Å². The first-order valence-electron chi connectivity index (χ1n) is 16.9. The van der Waals surface area contributed by atoms with E-state index in [-0.39, 0.29) is 13.2 Å². The fraction of sp³-hybridized carbons (Fsp3) is 0.300. The van der Waals surface area contributed by atoms with E-state index in [1.807, 2.05) is 84.9 Å². The summed E-state index contributed by atoms with van der Waals surface area (Å²) in [5.74, 6) is 4.09. The molecule has 2 aromatic heterocycles. The number of para-hydroxylation sites is 2. The van der Waals surface area contributed by atoms with E-state index in [1.54, 1.807) is 25.0 Å². The van der Waals surface area contributed by atoms with E-state index in [0.717, 1.165) is 33.8 Å². The molecule has 3 heterocycles. The van der Waals surface area contributed by atoms with Crippen molar-refractivity contribution in [2.75, 3.05) is 52.9 Å². The minimum absolute atomic E-state index is 0.238. The SMILES string of the molecule is C(=NCc1ccco1)c1ccccc1OCc1cc2c(cc1COc1ccccc1C=NCc1ccco1)OCCOCCOCCOCCO2. The van der Waals surface area contributed by atoms with Crippen LogP contribution in [0.1, 0.15) is 33.8 Å². The molecule has 6 rings (SSSR count). The predicted octanol–water partition coefficient (Wildman–Crippen LogP) is 7.09. The van der Waals surface area contributed by atoms with Crippen LogP contribution in [0.25, 0.3) is 0 Å². The Bertz CT molecular complexity index is 1670. The molecule has 266 valence electrons. The average Bonchev–Trinajstić information content (AvgIpc) is 3.88. The molecule has 0 unspecified atom stereocenters. The van der Waals surface area contributed by atoms with Gasteiger partial charge in [0, 0.05) is 23.6 Å². The Kier molecular flexibility index (Phi) is 13.7. The summed E-state index contributed by atoms with van der Waals surface area (Å²) in [6.45, 7) is 4.75. The Morgan fingerprint density at radius 1 is 0.510 bits per heavy atom. The molecule has 0 saturated heterocycles. The van der Waals surface area contributed by atoms with Crippen molar-refractivity contribution in [1.29, 1.82) is 0 Å². The third-order valence-corrected chi connectivity index (χ3v) is 7.70. The molecule has 51 heavy (non-hydrogen) atoms. The quantitative estimate of drug-likeness (QED) is 0.126. The molecular formula is C40H42N2O9. The summed E-state index contributed by atoms with van der Waals surface area (Å²) in [6, 6.07) is 26.9. The highest BCUT2D eigenvalue weighted by atomic mass is 16.6. The van der Waals surface area contributed by atoms with E-state index in [9.17, 15) is 0 Å². The summed E-state index contributed by atoms with van der Waals surface area (Å²) < 4.78 is 53.0. The maximum absolute atomic E-state index is 6.43. The molecule has 11 nitrogen and oxygen atoms in total. The minimum Gasteiger partial charge on any atom is -0.488 e. The first-order valence-corrected chi connectivity index (χ1v) is 16.9. The van der Waals surface area contributed by atoms with Gasteiger partial charge in [-0.15, -0.1) is 0 Å². The highest BCUT2D eigenvalue weighted by molar-refractivity contribution is 5.84. The lowest BCUT2D eigenvalue weighted by Gasteiger charge is -2.19. The zero-order chi connectivity index (χ0) is 34.8. The third-order valence-electron chi connectivity index (χ3n) is 7.70. The Balaban J connectivity index is 1.23. The van der Waals surface area contributed by atoms with Gasteiger partial charge in [-0.05, 0) is 71.8 Å². The van der Waals surface area contributed by atoms with Gasteiger partial charge in [-0.25, -0.2) is 0 Å². The average molecular weight is 695 g/mol.